The molecule has 2 aliphatic heterocycles. The number of anilines is 1. The zero-order chi connectivity index (χ0) is 29.0. The van der Waals surface area contributed by atoms with E-state index in [1.807, 2.05) is 30.3 Å². The predicted octanol–water partition coefficient (Wildman–Crippen LogP) is 3.22. The second kappa shape index (κ2) is 12.2. The normalized spacial score (nSPS) is 19.0. The molecule has 0 radical (unpaired) electrons. The van der Waals surface area contributed by atoms with Crippen molar-refractivity contribution in [2.24, 2.45) is 5.92 Å². The van der Waals surface area contributed by atoms with Gasteiger partial charge in [-0.3, -0.25) is 9.59 Å². The van der Waals surface area contributed by atoms with Gasteiger partial charge in [-0.1, -0.05) is 42.5 Å². The molecule has 1 saturated heterocycles. The quantitative estimate of drug-likeness (QED) is 0.436. The maximum Gasteiger partial charge on any atom is 0.263 e. The molecule has 10 nitrogen and oxygen atoms in total. The Hall–Kier alpha value is -4.09. The first kappa shape index (κ1) is 28.4. The predicted molar refractivity (Wildman–Crippen MR) is 153 cm³/mol. The van der Waals surface area contributed by atoms with Crippen molar-refractivity contribution in [2.75, 3.05) is 38.8 Å². The standard InChI is InChI=1S/C30H33N3O7S/c1-38-23-14-15-26(39-2)28(17-23)41(36,37)32-16-8-11-22(19-32)30(35)33-20-27(40-25-13-7-6-12-24(25)33)29(34)31-18-21-9-4-3-5-10-21/h3-7,9-10,12-15,17,22,27H,8,11,16,18-20H2,1-2H3,(H,31,34)/t22-,27+/m0/s1. The molecule has 0 saturated carbocycles. The minimum atomic E-state index is -3.98. The van der Waals surface area contributed by atoms with Gasteiger partial charge in [-0.15, -0.1) is 0 Å². The number of hydrogen-bond acceptors (Lipinski definition) is 7. The highest BCUT2D eigenvalue weighted by Gasteiger charge is 2.40. The first-order valence-electron chi connectivity index (χ1n) is 13.4. The molecule has 2 atom stereocenters. The molecule has 3 aromatic rings. The molecule has 11 heteroatoms. The Morgan fingerprint density at radius 1 is 0.976 bits per heavy atom. The summed E-state index contributed by atoms with van der Waals surface area (Å²) >= 11 is 0. The highest BCUT2D eigenvalue weighted by molar-refractivity contribution is 7.89. The Kier molecular flexibility index (Phi) is 8.46. The number of amides is 2. The van der Waals surface area contributed by atoms with Crippen molar-refractivity contribution < 1.29 is 32.2 Å². The fourth-order valence-electron chi connectivity index (χ4n) is 5.19. The van der Waals surface area contributed by atoms with E-state index in [0.717, 1.165) is 5.56 Å². The molecule has 0 aliphatic carbocycles. The zero-order valence-corrected chi connectivity index (χ0v) is 23.8. The van der Waals surface area contributed by atoms with Crippen LogP contribution in [0.1, 0.15) is 18.4 Å². The Balaban J connectivity index is 1.35. The molecule has 2 aliphatic rings. The van der Waals surface area contributed by atoms with Gasteiger partial charge in [0.1, 0.15) is 22.1 Å². The Morgan fingerprint density at radius 3 is 2.49 bits per heavy atom. The minimum absolute atomic E-state index is 0.00588. The smallest absolute Gasteiger partial charge is 0.263 e. The number of ether oxygens (including phenoxy) is 3. The van der Waals surface area contributed by atoms with E-state index in [2.05, 4.69) is 5.32 Å². The van der Waals surface area contributed by atoms with Crippen LogP contribution in [-0.4, -0.2) is 64.5 Å². The third kappa shape index (κ3) is 6.01. The van der Waals surface area contributed by atoms with Crippen molar-refractivity contribution in [3.63, 3.8) is 0 Å². The number of carbonyl (C=O) groups excluding carboxylic acids is 2. The summed E-state index contributed by atoms with van der Waals surface area (Å²) in [6.07, 6.45) is 0.112. The molecule has 216 valence electrons. The number of nitrogens with one attached hydrogen (secondary N) is 1. The van der Waals surface area contributed by atoms with E-state index in [-0.39, 0.29) is 42.1 Å². The fourth-order valence-corrected chi connectivity index (χ4v) is 6.88. The van der Waals surface area contributed by atoms with Crippen molar-refractivity contribution >= 4 is 27.5 Å². The van der Waals surface area contributed by atoms with Crippen molar-refractivity contribution in [3.05, 3.63) is 78.4 Å². The van der Waals surface area contributed by atoms with Crippen LogP contribution in [-0.2, 0) is 26.2 Å². The lowest BCUT2D eigenvalue weighted by molar-refractivity contribution is -0.129. The van der Waals surface area contributed by atoms with E-state index in [4.69, 9.17) is 14.2 Å². The molecule has 2 heterocycles. The fraction of sp³-hybridized carbons (Fsp3) is 0.333. The van der Waals surface area contributed by atoms with Crippen molar-refractivity contribution in [3.8, 4) is 17.2 Å². The molecule has 0 spiro atoms. The highest BCUT2D eigenvalue weighted by atomic mass is 32.2. The Bertz CT molecular complexity index is 1510. The summed E-state index contributed by atoms with van der Waals surface area (Å²) in [6, 6.07) is 21.2. The maximum absolute atomic E-state index is 14.0. The molecule has 1 fully saturated rings. The maximum atomic E-state index is 14.0. The van der Waals surface area contributed by atoms with Gasteiger partial charge < -0.3 is 24.4 Å². The first-order valence-corrected chi connectivity index (χ1v) is 14.9. The SMILES string of the molecule is COc1ccc(OC)c(S(=O)(=O)N2CCC[C@H](C(=O)N3C[C@H](C(=O)NCc4ccccc4)Oc4ccccc43)C2)c1. The summed E-state index contributed by atoms with van der Waals surface area (Å²) in [5, 5.41) is 2.89. The second-order valence-electron chi connectivity index (χ2n) is 9.95. The summed E-state index contributed by atoms with van der Waals surface area (Å²) in [4.78, 5) is 28.6. The van der Waals surface area contributed by atoms with E-state index in [9.17, 15) is 18.0 Å². The molecule has 0 bridgehead atoms. The van der Waals surface area contributed by atoms with E-state index < -0.39 is 22.0 Å². The molecule has 0 aromatic heterocycles. The third-order valence-corrected chi connectivity index (χ3v) is 9.25. The summed E-state index contributed by atoms with van der Waals surface area (Å²) in [6.45, 7) is 0.629. The van der Waals surface area contributed by atoms with Crippen molar-refractivity contribution in [2.45, 2.75) is 30.4 Å². The largest absolute Gasteiger partial charge is 0.497 e. The summed E-state index contributed by atoms with van der Waals surface area (Å²) in [5.41, 5.74) is 1.50. The zero-order valence-electron chi connectivity index (χ0n) is 23.0. The number of fused-ring (bicyclic) bond motifs is 1. The van der Waals surface area contributed by atoms with Gasteiger partial charge in [0.15, 0.2) is 6.10 Å². The van der Waals surface area contributed by atoms with Gasteiger partial charge in [-0.2, -0.15) is 4.31 Å². The number of carbonyl (C=O) groups is 2. The molecule has 1 N–H and O–H groups in total. The van der Waals surface area contributed by atoms with Gasteiger partial charge in [0.2, 0.25) is 15.9 Å². The van der Waals surface area contributed by atoms with Gasteiger partial charge in [0.05, 0.1) is 32.4 Å². The monoisotopic (exact) mass is 579 g/mol. The molecule has 41 heavy (non-hydrogen) atoms. The number of hydrogen-bond donors (Lipinski definition) is 1. The summed E-state index contributed by atoms with van der Waals surface area (Å²) < 4.78 is 45.3. The van der Waals surface area contributed by atoms with Gasteiger partial charge in [-0.25, -0.2) is 8.42 Å². The Morgan fingerprint density at radius 2 is 1.73 bits per heavy atom. The average Bonchev–Trinajstić information content (AvgIpc) is 3.02. The lowest BCUT2D eigenvalue weighted by Crippen LogP contribution is -2.53. The minimum Gasteiger partial charge on any atom is -0.497 e. The molecule has 5 rings (SSSR count). The summed E-state index contributed by atoms with van der Waals surface area (Å²) in [5.74, 6) is -0.179. The highest BCUT2D eigenvalue weighted by Crippen LogP contribution is 2.37. The average molecular weight is 580 g/mol. The number of piperidine rings is 1. The second-order valence-corrected chi connectivity index (χ2v) is 11.9. The Labute approximate surface area is 239 Å². The van der Waals surface area contributed by atoms with Crippen LogP contribution < -0.4 is 24.4 Å². The van der Waals surface area contributed by atoms with Crippen molar-refractivity contribution in [1.82, 2.24) is 9.62 Å². The number of rotatable bonds is 8. The van der Waals surface area contributed by atoms with Crippen LogP contribution in [0.25, 0.3) is 0 Å². The van der Waals surface area contributed by atoms with Crippen molar-refractivity contribution in [1.29, 1.82) is 0 Å². The van der Waals surface area contributed by atoms with E-state index >= 15 is 0 Å². The van der Waals surface area contributed by atoms with Crippen LogP contribution in [0, 0.1) is 5.92 Å². The number of benzene rings is 3. The van der Waals surface area contributed by atoms with Gasteiger partial charge in [-0.05, 0) is 42.7 Å². The lowest BCUT2D eigenvalue weighted by atomic mass is 9.97. The lowest BCUT2D eigenvalue weighted by Gasteiger charge is -2.38. The number of nitrogens with zero attached hydrogens (tertiary/aromatic N) is 2. The van der Waals surface area contributed by atoms with Crippen LogP contribution in [0.3, 0.4) is 0 Å². The van der Waals surface area contributed by atoms with Crippen LogP contribution in [0.4, 0.5) is 5.69 Å². The topological polar surface area (TPSA) is 114 Å². The molecule has 2 amide bonds. The van der Waals surface area contributed by atoms with Gasteiger partial charge in [0, 0.05) is 25.7 Å². The number of sulfonamides is 1. The van der Waals surface area contributed by atoms with Crippen LogP contribution in [0.2, 0.25) is 0 Å². The number of methoxy groups -OCH3 is 2. The molecule has 0 unspecified atom stereocenters. The van der Waals surface area contributed by atoms with E-state index in [1.54, 1.807) is 41.3 Å². The van der Waals surface area contributed by atoms with Crippen LogP contribution in [0.15, 0.2) is 77.7 Å². The number of para-hydroxylation sites is 2. The summed E-state index contributed by atoms with van der Waals surface area (Å²) in [7, 11) is -1.11. The van der Waals surface area contributed by atoms with Crippen LogP contribution in [0.5, 0.6) is 17.2 Å². The third-order valence-electron chi connectivity index (χ3n) is 7.36. The van der Waals surface area contributed by atoms with E-state index in [1.165, 1.54) is 24.6 Å². The van der Waals surface area contributed by atoms with Gasteiger partial charge >= 0.3 is 0 Å². The first-order chi connectivity index (χ1) is 19.8. The molecular formula is C30H33N3O7S. The molecular weight excluding hydrogens is 546 g/mol. The van der Waals surface area contributed by atoms with Gasteiger partial charge in [0.25, 0.3) is 5.91 Å². The van der Waals surface area contributed by atoms with Crippen LogP contribution >= 0.6 is 0 Å². The van der Waals surface area contributed by atoms with E-state index in [0.29, 0.717) is 36.6 Å². The molecule has 3 aromatic carbocycles.